The van der Waals surface area contributed by atoms with Gasteiger partial charge in [-0.3, -0.25) is 0 Å². The van der Waals surface area contributed by atoms with Crippen LogP contribution in [-0.2, 0) is 0 Å². The summed E-state index contributed by atoms with van der Waals surface area (Å²) < 4.78 is 1.22. The monoisotopic (exact) mass is 917 g/mol. The number of halogens is 1. The fraction of sp³-hybridized carbons (Fsp3) is 0.250. The molecule has 4 atom stereocenters. The van der Waals surface area contributed by atoms with Gasteiger partial charge in [-0.15, -0.1) is 11.6 Å². The zero-order valence-electron chi connectivity index (χ0n) is 26.5. The maximum atomic E-state index is 3.69. The summed E-state index contributed by atoms with van der Waals surface area (Å²) in [6.07, 6.45) is 29.3. The summed E-state index contributed by atoms with van der Waals surface area (Å²) in [6.45, 7) is 0. The maximum absolute atomic E-state index is 3.69. The molecule has 0 saturated carbocycles. The Labute approximate surface area is 277 Å². The molecule has 2 heteroatoms. The Morgan fingerprint density at radius 1 is 0.739 bits per heavy atom. The third-order valence-corrected chi connectivity index (χ3v) is 11.3. The van der Waals surface area contributed by atoms with Crippen molar-refractivity contribution in [1.82, 2.24) is 0 Å². The molecule has 2 bridgehead atoms. The van der Waals surface area contributed by atoms with E-state index in [9.17, 15) is 0 Å². The molecule has 0 radical (unpaired) electrons. The van der Waals surface area contributed by atoms with Crippen molar-refractivity contribution in [1.29, 1.82) is 0 Å². The van der Waals surface area contributed by atoms with E-state index in [4.69, 9.17) is 0 Å². The molecule has 5 aliphatic carbocycles. The Hall–Kier alpha value is -4.81. The minimum Gasteiger partial charge on any atom is -0.227 e. The van der Waals surface area contributed by atoms with E-state index in [-0.39, 0.29) is 0 Å². The minimum absolute atomic E-state index is 0. The summed E-state index contributed by atoms with van der Waals surface area (Å²) in [7, 11) is 0. The second-order valence-corrected chi connectivity index (χ2v) is 14.2. The molecule has 226 valence electrons. The van der Waals surface area contributed by atoms with Crippen LogP contribution in [0.25, 0.3) is 11.1 Å². The zero-order chi connectivity index (χ0) is 30.2. The molecule has 0 nitrogen and oxygen atoms in total. The van der Waals surface area contributed by atoms with Crippen LogP contribution in [-0.4, -0.2) is 0 Å². The predicted molar refractivity (Wildman–Crippen MR) is 194 cm³/mol. The number of benzene rings is 3. The summed E-state index contributed by atoms with van der Waals surface area (Å²) in [6, 6.07) is 30.1. The van der Waals surface area contributed by atoms with Gasteiger partial charge in [0.25, 0.3) is 0 Å². The molecule has 0 saturated heterocycles. The second-order valence-electron chi connectivity index (χ2n) is 13.2. The van der Waals surface area contributed by atoms with Gasteiger partial charge in [0.1, 0.15) is 0 Å². The molecular weight excluding hydrogens is 878 g/mol. The van der Waals surface area contributed by atoms with Crippen molar-refractivity contribution in [3.63, 3.8) is 0 Å². The van der Waals surface area contributed by atoms with E-state index in [2.05, 4.69) is 150 Å². The Bertz CT molecular complexity index is 1810. The fourth-order valence-corrected chi connectivity index (χ4v) is 8.96. The molecule has 46 heavy (non-hydrogen) atoms. The van der Waals surface area contributed by atoms with E-state index in [1.165, 1.54) is 49.9 Å². The Morgan fingerprint density at radius 2 is 1.57 bits per heavy atom. The number of hydrogen-bond donors (Lipinski definition) is 0. The topological polar surface area (TPSA) is 0 Å². The Morgan fingerprint density at radius 3 is 2.33 bits per heavy atom. The number of fused-ring (bicyclic) bond motifs is 5. The average molecular weight is 919 g/mol. The van der Waals surface area contributed by atoms with Crippen LogP contribution in [0.2, 0.25) is 0 Å². The van der Waals surface area contributed by atoms with E-state index >= 15 is 0 Å². The molecule has 0 aromatic heterocycles. The molecule has 0 spiro atoms. The standard InChI is InChI=1S/C44H40Br.Bh/c45-37-24-20-31(21-25-37)38-26-23-36-28-35(38)18-10-11-19-40-42(32-14-6-2-7-15-32)41-29-34(30-12-4-1-5-13-30)22-27-39(41)43(44(36)40)33-16-8-3-9-17-33;/h1-4,6-9,12-18,20,22-25,27,29,31,38,43-44H,5,10-11,19,21,26,28H2;/q-1;/b35-18+;. The van der Waals surface area contributed by atoms with Gasteiger partial charge in [0.15, 0.2) is 0 Å². The zero-order valence-corrected chi connectivity index (χ0v) is 34.6. The molecule has 8 rings (SSSR count). The van der Waals surface area contributed by atoms with E-state index in [1.807, 2.05) is 0 Å². The summed E-state index contributed by atoms with van der Waals surface area (Å²) in [4.78, 5) is 0. The van der Waals surface area contributed by atoms with Gasteiger partial charge in [0, 0.05) is 16.3 Å². The first-order valence-corrected chi connectivity index (χ1v) is 17.6. The third-order valence-electron chi connectivity index (χ3n) is 10.7. The van der Waals surface area contributed by atoms with Crippen LogP contribution in [0.4, 0.5) is 0 Å². The van der Waals surface area contributed by atoms with Crippen LogP contribution in [0.15, 0.2) is 149 Å². The van der Waals surface area contributed by atoms with Gasteiger partial charge in [0.2, 0.25) is 0 Å². The second kappa shape index (κ2) is 12.9. The minimum atomic E-state index is 0. The first kappa shape index (κ1) is 29.9. The van der Waals surface area contributed by atoms with Crippen molar-refractivity contribution in [2.45, 2.75) is 50.9 Å². The molecule has 4 unspecified atom stereocenters. The van der Waals surface area contributed by atoms with Crippen LogP contribution in [0.1, 0.15) is 78.7 Å². The smallest absolute Gasteiger partial charge is 0.0199 e. The van der Waals surface area contributed by atoms with E-state index < -0.39 is 0 Å². The SMILES string of the molecule is BrC1=CCC(C2CC=C3C/C2=C\CCCC2=C(c4ccccc4)c4cc(C5=CC[CH-]C=C5)ccc4C(c4ccccc4)C32)C=C1.[Bh]. The van der Waals surface area contributed by atoms with Crippen molar-refractivity contribution in [3.8, 4) is 0 Å². The normalized spacial score (nSPS) is 26.3. The summed E-state index contributed by atoms with van der Waals surface area (Å²) in [5.41, 5.74) is 14.8. The molecule has 3 aromatic rings. The van der Waals surface area contributed by atoms with E-state index in [0.29, 0.717) is 23.7 Å². The van der Waals surface area contributed by atoms with Gasteiger partial charge < -0.3 is 0 Å². The van der Waals surface area contributed by atoms with Gasteiger partial charge in [-0.25, -0.2) is 18.6 Å². The number of allylic oxidation sites excluding steroid dienone is 13. The van der Waals surface area contributed by atoms with Crippen molar-refractivity contribution in [3.05, 3.63) is 183 Å². The molecule has 0 N–H and O–H groups in total. The molecule has 0 heterocycles. The van der Waals surface area contributed by atoms with Gasteiger partial charge in [-0.1, -0.05) is 142 Å². The number of rotatable bonds is 4. The molecule has 3 aromatic carbocycles. The van der Waals surface area contributed by atoms with Gasteiger partial charge in [-0.2, -0.15) is 0 Å². The Kier molecular flexibility index (Phi) is 8.37. The first-order chi connectivity index (χ1) is 22.2. The molecule has 5 aliphatic rings. The van der Waals surface area contributed by atoms with Crippen LogP contribution in [0.3, 0.4) is 0 Å². The van der Waals surface area contributed by atoms with Crippen LogP contribution in [0.5, 0.6) is 0 Å². The first-order valence-electron chi connectivity index (χ1n) is 16.8. The van der Waals surface area contributed by atoms with Crippen molar-refractivity contribution in [2.24, 2.45) is 17.8 Å². The summed E-state index contributed by atoms with van der Waals surface area (Å²) in [5, 5.41) is 0. The van der Waals surface area contributed by atoms with Gasteiger partial charge >= 0.3 is 0 Å². The third kappa shape index (κ3) is 5.47. The van der Waals surface area contributed by atoms with Crippen molar-refractivity contribution < 1.29 is 0 Å². The van der Waals surface area contributed by atoms with E-state index in [1.54, 1.807) is 16.7 Å². The van der Waals surface area contributed by atoms with Gasteiger partial charge in [-0.05, 0) is 89.8 Å². The quantitative estimate of drug-likeness (QED) is 0.181. The summed E-state index contributed by atoms with van der Waals surface area (Å²) in [5.74, 6) is 1.85. The van der Waals surface area contributed by atoms with Crippen molar-refractivity contribution >= 4 is 27.1 Å². The van der Waals surface area contributed by atoms with Crippen LogP contribution >= 0.6 is 15.9 Å². The molecule has 0 aliphatic heterocycles. The molecular formula is C44H40BhBr-. The largest absolute Gasteiger partial charge is 0.227 e. The number of hydrogen-bond acceptors (Lipinski definition) is 0. The fourth-order valence-electron chi connectivity index (χ4n) is 8.62. The molecule has 0 amide bonds. The predicted octanol–water partition coefficient (Wildman–Crippen LogP) is 12.1. The average Bonchev–Trinajstić information content (AvgIpc) is 3.17. The molecule has 0 fully saturated rings. The Balaban J connectivity index is 0.00000338. The van der Waals surface area contributed by atoms with Crippen LogP contribution < -0.4 is 0 Å². The summed E-state index contributed by atoms with van der Waals surface area (Å²) >= 11 is 3.69. The van der Waals surface area contributed by atoms with Gasteiger partial charge in [0.05, 0.1) is 0 Å². The maximum Gasteiger partial charge on any atom is 0.0199 e. The van der Waals surface area contributed by atoms with E-state index in [0.717, 1.165) is 38.5 Å². The van der Waals surface area contributed by atoms with Crippen LogP contribution in [0, 0.1) is 24.2 Å². The van der Waals surface area contributed by atoms with Crippen molar-refractivity contribution in [2.75, 3.05) is 0 Å².